The fraction of sp³-hybridized carbons (Fsp3) is 1.00. The molecule has 17 heavy (non-hydrogen) atoms. The SMILES string of the molecule is CCSCC(C)NC1CCCC1C1CCCN1. The van der Waals surface area contributed by atoms with E-state index >= 15 is 0 Å². The predicted molar refractivity (Wildman–Crippen MR) is 77.8 cm³/mol. The van der Waals surface area contributed by atoms with Gasteiger partial charge in [-0.3, -0.25) is 0 Å². The summed E-state index contributed by atoms with van der Waals surface area (Å²) in [6.45, 7) is 5.84. The van der Waals surface area contributed by atoms with Crippen LogP contribution in [0.1, 0.15) is 46.0 Å². The monoisotopic (exact) mass is 256 g/mol. The van der Waals surface area contributed by atoms with E-state index in [1.165, 1.54) is 50.2 Å². The van der Waals surface area contributed by atoms with Crippen LogP contribution < -0.4 is 10.6 Å². The van der Waals surface area contributed by atoms with Gasteiger partial charge in [0.1, 0.15) is 0 Å². The molecule has 2 aliphatic rings. The summed E-state index contributed by atoms with van der Waals surface area (Å²) in [4.78, 5) is 0. The highest BCUT2D eigenvalue weighted by Crippen LogP contribution is 2.32. The second-order valence-corrected chi connectivity index (χ2v) is 6.95. The van der Waals surface area contributed by atoms with Gasteiger partial charge in [0, 0.05) is 23.9 Å². The molecule has 2 nitrogen and oxygen atoms in total. The summed E-state index contributed by atoms with van der Waals surface area (Å²) in [5, 5.41) is 7.58. The third-order valence-electron chi connectivity index (χ3n) is 4.26. The van der Waals surface area contributed by atoms with Crippen molar-refractivity contribution in [1.82, 2.24) is 10.6 Å². The van der Waals surface area contributed by atoms with E-state index in [0.717, 1.165) is 18.0 Å². The van der Waals surface area contributed by atoms with Gasteiger partial charge < -0.3 is 10.6 Å². The van der Waals surface area contributed by atoms with E-state index in [1.807, 2.05) is 0 Å². The Morgan fingerprint density at radius 3 is 2.88 bits per heavy atom. The van der Waals surface area contributed by atoms with Gasteiger partial charge in [0.15, 0.2) is 0 Å². The summed E-state index contributed by atoms with van der Waals surface area (Å²) < 4.78 is 0. The molecule has 1 aliphatic carbocycles. The van der Waals surface area contributed by atoms with Crippen molar-refractivity contribution in [2.24, 2.45) is 5.92 Å². The third kappa shape index (κ3) is 3.87. The zero-order chi connectivity index (χ0) is 12.1. The molecule has 0 bridgehead atoms. The van der Waals surface area contributed by atoms with Crippen LogP contribution in [0.5, 0.6) is 0 Å². The fourth-order valence-corrected chi connectivity index (χ4v) is 4.15. The van der Waals surface area contributed by atoms with Crippen molar-refractivity contribution in [3.8, 4) is 0 Å². The lowest BCUT2D eigenvalue weighted by Crippen LogP contribution is -2.46. The van der Waals surface area contributed by atoms with E-state index in [4.69, 9.17) is 0 Å². The van der Waals surface area contributed by atoms with Gasteiger partial charge in [-0.1, -0.05) is 13.3 Å². The van der Waals surface area contributed by atoms with Gasteiger partial charge in [0.25, 0.3) is 0 Å². The Labute approximate surface area is 111 Å². The van der Waals surface area contributed by atoms with Crippen molar-refractivity contribution < 1.29 is 0 Å². The van der Waals surface area contributed by atoms with Crippen LogP contribution in [0.3, 0.4) is 0 Å². The molecule has 1 aliphatic heterocycles. The number of thioether (sulfide) groups is 1. The molecule has 3 heteroatoms. The van der Waals surface area contributed by atoms with Gasteiger partial charge in [-0.05, 0) is 50.8 Å². The standard InChI is InChI=1S/C14H28N2S/c1-3-17-10-11(2)16-14-7-4-6-12(14)13-8-5-9-15-13/h11-16H,3-10H2,1-2H3. The average Bonchev–Trinajstić information content (AvgIpc) is 2.95. The molecule has 100 valence electrons. The molecule has 1 saturated carbocycles. The van der Waals surface area contributed by atoms with Crippen LogP contribution in [0.4, 0.5) is 0 Å². The first-order valence-electron chi connectivity index (χ1n) is 7.38. The molecule has 0 aromatic rings. The van der Waals surface area contributed by atoms with Crippen molar-refractivity contribution >= 4 is 11.8 Å². The van der Waals surface area contributed by atoms with Gasteiger partial charge in [-0.25, -0.2) is 0 Å². The molecule has 0 aromatic heterocycles. The van der Waals surface area contributed by atoms with Crippen LogP contribution in [0, 0.1) is 5.92 Å². The van der Waals surface area contributed by atoms with E-state index in [-0.39, 0.29) is 0 Å². The van der Waals surface area contributed by atoms with Crippen LogP contribution in [0.25, 0.3) is 0 Å². The van der Waals surface area contributed by atoms with Gasteiger partial charge in [0.2, 0.25) is 0 Å². The van der Waals surface area contributed by atoms with Crippen molar-refractivity contribution in [3.05, 3.63) is 0 Å². The molecule has 4 atom stereocenters. The van der Waals surface area contributed by atoms with Crippen molar-refractivity contribution in [2.75, 3.05) is 18.1 Å². The van der Waals surface area contributed by atoms with E-state index in [2.05, 4.69) is 36.2 Å². The Morgan fingerprint density at radius 2 is 2.18 bits per heavy atom. The Bertz CT molecular complexity index is 216. The fourth-order valence-electron chi connectivity index (χ4n) is 3.46. The Morgan fingerprint density at radius 1 is 1.29 bits per heavy atom. The van der Waals surface area contributed by atoms with Crippen LogP contribution in [-0.2, 0) is 0 Å². The van der Waals surface area contributed by atoms with E-state index < -0.39 is 0 Å². The van der Waals surface area contributed by atoms with E-state index in [0.29, 0.717) is 6.04 Å². The molecule has 2 N–H and O–H groups in total. The summed E-state index contributed by atoms with van der Waals surface area (Å²) in [5.74, 6) is 3.40. The summed E-state index contributed by atoms with van der Waals surface area (Å²) >= 11 is 2.05. The first-order chi connectivity index (χ1) is 8.31. The van der Waals surface area contributed by atoms with Crippen LogP contribution in [0.2, 0.25) is 0 Å². The van der Waals surface area contributed by atoms with Gasteiger partial charge >= 0.3 is 0 Å². The minimum atomic E-state index is 0.673. The highest BCUT2D eigenvalue weighted by Gasteiger charge is 2.35. The smallest absolute Gasteiger partial charge is 0.0132 e. The largest absolute Gasteiger partial charge is 0.314 e. The first-order valence-corrected chi connectivity index (χ1v) is 8.54. The highest BCUT2D eigenvalue weighted by molar-refractivity contribution is 7.99. The molecule has 2 fully saturated rings. The average molecular weight is 256 g/mol. The number of hydrogen-bond donors (Lipinski definition) is 2. The molecular weight excluding hydrogens is 228 g/mol. The molecule has 4 unspecified atom stereocenters. The van der Waals surface area contributed by atoms with Crippen LogP contribution in [-0.4, -0.2) is 36.2 Å². The van der Waals surface area contributed by atoms with Gasteiger partial charge in [-0.2, -0.15) is 11.8 Å². The lowest BCUT2D eigenvalue weighted by Gasteiger charge is -2.29. The van der Waals surface area contributed by atoms with Crippen molar-refractivity contribution in [1.29, 1.82) is 0 Å². The quantitative estimate of drug-likeness (QED) is 0.764. The maximum absolute atomic E-state index is 3.88. The highest BCUT2D eigenvalue weighted by atomic mass is 32.2. The molecule has 1 saturated heterocycles. The van der Waals surface area contributed by atoms with Gasteiger partial charge in [0.05, 0.1) is 0 Å². The second-order valence-electron chi connectivity index (χ2n) is 5.63. The first kappa shape index (κ1) is 13.7. The number of hydrogen-bond acceptors (Lipinski definition) is 3. The molecule has 0 amide bonds. The lowest BCUT2D eigenvalue weighted by atomic mass is 9.93. The minimum Gasteiger partial charge on any atom is -0.314 e. The molecule has 0 spiro atoms. The third-order valence-corrected chi connectivity index (χ3v) is 5.40. The summed E-state index contributed by atoms with van der Waals surface area (Å²) in [6, 6.07) is 2.26. The zero-order valence-corrected chi connectivity index (χ0v) is 12.2. The summed E-state index contributed by atoms with van der Waals surface area (Å²) in [7, 11) is 0. The second kappa shape index (κ2) is 7.01. The number of nitrogens with one attached hydrogen (secondary N) is 2. The minimum absolute atomic E-state index is 0.673. The molecular formula is C14H28N2S. The normalized spacial score (nSPS) is 35.3. The number of rotatable bonds is 6. The van der Waals surface area contributed by atoms with Crippen LogP contribution in [0.15, 0.2) is 0 Å². The van der Waals surface area contributed by atoms with Crippen molar-refractivity contribution in [2.45, 2.75) is 64.1 Å². The zero-order valence-electron chi connectivity index (χ0n) is 11.4. The maximum Gasteiger partial charge on any atom is 0.0132 e. The molecule has 2 rings (SSSR count). The Hall–Kier alpha value is 0.270. The van der Waals surface area contributed by atoms with E-state index in [1.54, 1.807) is 0 Å². The van der Waals surface area contributed by atoms with Crippen molar-refractivity contribution in [3.63, 3.8) is 0 Å². The summed E-state index contributed by atoms with van der Waals surface area (Å²) in [5.41, 5.74) is 0. The molecule has 0 aromatic carbocycles. The van der Waals surface area contributed by atoms with Gasteiger partial charge in [-0.15, -0.1) is 0 Å². The topological polar surface area (TPSA) is 24.1 Å². The predicted octanol–water partition coefficient (Wildman–Crippen LogP) is 2.64. The summed E-state index contributed by atoms with van der Waals surface area (Å²) in [6.07, 6.45) is 7.04. The van der Waals surface area contributed by atoms with E-state index in [9.17, 15) is 0 Å². The van der Waals surface area contributed by atoms with Crippen LogP contribution >= 0.6 is 11.8 Å². The Balaban J connectivity index is 1.78. The molecule has 1 heterocycles. The Kier molecular flexibility index (Phi) is 5.64. The maximum atomic E-state index is 3.88. The lowest BCUT2D eigenvalue weighted by molar-refractivity contribution is 0.308. The molecule has 0 radical (unpaired) electrons.